The molecule has 0 saturated heterocycles. The Balaban J connectivity index is 6.15. The van der Waals surface area contributed by atoms with Crippen molar-refractivity contribution in [2.24, 2.45) is 23.1 Å². The van der Waals surface area contributed by atoms with Gasteiger partial charge in [0.2, 0.25) is 41.4 Å². The van der Waals surface area contributed by atoms with Gasteiger partial charge in [0.25, 0.3) is 0 Å². The van der Waals surface area contributed by atoms with Gasteiger partial charge in [0.1, 0.15) is 42.3 Å². The number of aliphatic carboxylic acids is 3. The van der Waals surface area contributed by atoms with Crippen LogP contribution in [0.1, 0.15) is 105 Å². The number of aliphatic hydroxyl groups is 1. The van der Waals surface area contributed by atoms with E-state index in [1.165, 1.54) is 13.8 Å². The Bertz CT molecular complexity index is 1530. The SMILES string of the molecule is CC(C)C[C@H](NC(=O)[C@H](CCCCN)NC(=O)[C@@H](NC(=O)[C@H](CCC(=O)O)NC(=O)[C@H](C)NC(=O)[C@@H](N)CCCCN)[C@@H](C)O)C(=O)N[C@@H](C)C(=O)N[C@@H](CCC(=O)O)C(=O)O. The number of carbonyl (C=O) groups is 10. The quantitative estimate of drug-likeness (QED) is 0.0289. The van der Waals surface area contributed by atoms with Crippen LogP contribution in [0, 0.1) is 5.92 Å². The van der Waals surface area contributed by atoms with Crippen molar-refractivity contribution in [1.82, 2.24) is 37.2 Å². The number of rotatable bonds is 32. The fourth-order valence-corrected chi connectivity index (χ4v) is 5.72. The molecule has 0 rings (SSSR count). The van der Waals surface area contributed by atoms with E-state index in [-0.39, 0.29) is 25.3 Å². The zero-order chi connectivity index (χ0) is 47.7. The Kier molecular flexibility index (Phi) is 27.1. The van der Waals surface area contributed by atoms with Crippen molar-refractivity contribution in [3.8, 4) is 0 Å². The number of hydrogen-bond donors (Lipinski definition) is 14. The third kappa shape index (κ3) is 22.9. The number of hydrogen-bond acceptors (Lipinski definition) is 14. The first-order valence-corrected chi connectivity index (χ1v) is 20.6. The van der Waals surface area contributed by atoms with Crippen LogP contribution in [0.4, 0.5) is 0 Å². The highest BCUT2D eigenvalue weighted by atomic mass is 16.4. The van der Waals surface area contributed by atoms with Crippen molar-refractivity contribution in [2.75, 3.05) is 13.1 Å². The number of carboxylic acids is 3. The lowest BCUT2D eigenvalue weighted by Crippen LogP contribution is -2.61. The first-order valence-electron chi connectivity index (χ1n) is 20.6. The fourth-order valence-electron chi connectivity index (χ4n) is 5.72. The normalized spacial score (nSPS) is 15.5. The molecule has 0 aliphatic rings. The average molecular weight is 889 g/mol. The Labute approximate surface area is 360 Å². The average Bonchev–Trinajstić information content (AvgIpc) is 3.18. The summed E-state index contributed by atoms with van der Waals surface area (Å²) in [5, 5.41) is 54.8. The van der Waals surface area contributed by atoms with Crippen LogP contribution >= 0.6 is 0 Å². The number of carbonyl (C=O) groups excluding carboxylic acids is 7. The molecule has 0 fully saturated rings. The van der Waals surface area contributed by atoms with Crippen molar-refractivity contribution in [3.05, 3.63) is 0 Å². The fraction of sp³-hybridized carbons (Fsp3) is 0.737. The minimum Gasteiger partial charge on any atom is -0.481 e. The van der Waals surface area contributed by atoms with E-state index in [0.717, 1.165) is 6.92 Å². The summed E-state index contributed by atoms with van der Waals surface area (Å²) in [4.78, 5) is 127. The van der Waals surface area contributed by atoms with E-state index < -0.39 is 139 Å². The molecule has 7 amide bonds. The van der Waals surface area contributed by atoms with E-state index in [0.29, 0.717) is 38.6 Å². The molecule has 0 spiro atoms. The Morgan fingerprint density at radius 3 is 1.34 bits per heavy atom. The van der Waals surface area contributed by atoms with Crippen LogP contribution in [0.2, 0.25) is 0 Å². The summed E-state index contributed by atoms with van der Waals surface area (Å²) in [6, 6.07) is -11.1. The van der Waals surface area contributed by atoms with E-state index in [4.69, 9.17) is 22.3 Å². The molecular weight excluding hydrogens is 820 g/mol. The molecule has 0 bridgehead atoms. The molecule has 17 N–H and O–H groups in total. The van der Waals surface area contributed by atoms with Crippen LogP contribution in [-0.2, 0) is 47.9 Å². The lowest BCUT2D eigenvalue weighted by molar-refractivity contribution is -0.143. The molecule has 0 aromatic heterocycles. The van der Waals surface area contributed by atoms with Crippen molar-refractivity contribution >= 4 is 59.3 Å². The first kappa shape index (κ1) is 56.5. The number of nitrogens with one attached hydrogen (secondary N) is 7. The summed E-state index contributed by atoms with van der Waals surface area (Å²) >= 11 is 0. The second-order valence-corrected chi connectivity index (χ2v) is 15.4. The van der Waals surface area contributed by atoms with Crippen molar-refractivity contribution in [3.63, 3.8) is 0 Å². The van der Waals surface area contributed by atoms with Crippen LogP contribution in [0.15, 0.2) is 0 Å². The predicted molar refractivity (Wildman–Crippen MR) is 221 cm³/mol. The number of amides is 7. The molecule has 0 radical (unpaired) electrons. The van der Waals surface area contributed by atoms with Crippen molar-refractivity contribution < 1.29 is 68.4 Å². The summed E-state index contributed by atoms with van der Waals surface area (Å²) in [7, 11) is 0. The van der Waals surface area contributed by atoms with Gasteiger partial charge >= 0.3 is 17.9 Å². The lowest BCUT2D eigenvalue weighted by atomic mass is 10.0. The highest BCUT2D eigenvalue weighted by molar-refractivity contribution is 5.97. The number of aliphatic hydroxyl groups excluding tert-OH is 1. The highest BCUT2D eigenvalue weighted by Gasteiger charge is 2.35. The predicted octanol–water partition coefficient (Wildman–Crippen LogP) is -3.75. The van der Waals surface area contributed by atoms with E-state index in [9.17, 15) is 63.3 Å². The molecule has 24 nitrogen and oxygen atoms in total. The van der Waals surface area contributed by atoms with E-state index in [1.807, 2.05) is 0 Å². The van der Waals surface area contributed by atoms with Crippen LogP contribution in [-0.4, -0.2) is 147 Å². The maximum Gasteiger partial charge on any atom is 0.326 e. The molecule has 62 heavy (non-hydrogen) atoms. The van der Waals surface area contributed by atoms with E-state index >= 15 is 0 Å². The van der Waals surface area contributed by atoms with Crippen LogP contribution in [0.25, 0.3) is 0 Å². The smallest absolute Gasteiger partial charge is 0.326 e. The third-order valence-electron chi connectivity index (χ3n) is 9.33. The second-order valence-electron chi connectivity index (χ2n) is 15.4. The van der Waals surface area contributed by atoms with Gasteiger partial charge in [0.15, 0.2) is 0 Å². The van der Waals surface area contributed by atoms with E-state index in [2.05, 4.69) is 37.2 Å². The summed E-state index contributed by atoms with van der Waals surface area (Å²) < 4.78 is 0. The minimum absolute atomic E-state index is 0.0332. The molecule has 354 valence electrons. The zero-order valence-electron chi connectivity index (χ0n) is 36.1. The van der Waals surface area contributed by atoms with Crippen molar-refractivity contribution in [1.29, 1.82) is 0 Å². The molecule has 0 aliphatic carbocycles. The maximum atomic E-state index is 13.8. The lowest BCUT2D eigenvalue weighted by Gasteiger charge is -2.28. The van der Waals surface area contributed by atoms with Gasteiger partial charge in [-0.2, -0.15) is 0 Å². The molecule has 0 heterocycles. The Hall–Kier alpha value is -5.46. The third-order valence-corrected chi connectivity index (χ3v) is 9.33. The van der Waals surface area contributed by atoms with Gasteiger partial charge < -0.3 is 74.8 Å². The topological polar surface area (TPSA) is 414 Å². The van der Waals surface area contributed by atoms with Gasteiger partial charge in [-0.15, -0.1) is 0 Å². The van der Waals surface area contributed by atoms with Crippen molar-refractivity contribution in [2.45, 2.75) is 160 Å². The summed E-state index contributed by atoms with van der Waals surface area (Å²) in [5.74, 6) is -10.6. The summed E-state index contributed by atoms with van der Waals surface area (Å²) in [6.45, 7) is 7.81. The summed E-state index contributed by atoms with van der Waals surface area (Å²) in [5.41, 5.74) is 17.0. The summed E-state index contributed by atoms with van der Waals surface area (Å²) in [6.07, 6.45) is -1.46. The highest BCUT2D eigenvalue weighted by Crippen LogP contribution is 2.10. The van der Waals surface area contributed by atoms with Crippen LogP contribution in [0.3, 0.4) is 0 Å². The van der Waals surface area contributed by atoms with Gasteiger partial charge in [-0.25, -0.2) is 4.79 Å². The molecule has 0 unspecified atom stereocenters. The Morgan fingerprint density at radius 2 is 0.871 bits per heavy atom. The van der Waals surface area contributed by atoms with Gasteiger partial charge in [-0.1, -0.05) is 20.3 Å². The van der Waals surface area contributed by atoms with Crippen LogP contribution in [0.5, 0.6) is 0 Å². The van der Waals surface area contributed by atoms with Gasteiger partial charge in [-0.05, 0) is 91.1 Å². The molecule has 0 aliphatic heterocycles. The molecule has 9 atom stereocenters. The molecule has 0 aromatic rings. The number of unbranched alkanes of at least 4 members (excludes halogenated alkanes) is 2. The van der Waals surface area contributed by atoms with Gasteiger partial charge in [0.05, 0.1) is 12.1 Å². The van der Waals surface area contributed by atoms with Gasteiger partial charge in [-0.3, -0.25) is 43.2 Å². The zero-order valence-corrected chi connectivity index (χ0v) is 36.1. The first-order chi connectivity index (χ1) is 28.9. The maximum absolute atomic E-state index is 13.8. The standard InChI is InChI=1S/C38H68N10O14/c1-19(2)18-27(36(59)43-21(4)32(55)46-26(38(61)62)13-15-29(52)53)47-34(57)24(11-7-9-17-40)45-37(60)30(22(5)49)48-35(58)25(12-14-28(50)51)44-31(54)20(3)42-33(56)23(41)10-6-8-16-39/h19-27,30,49H,6-18,39-41H2,1-5H3,(H,42,56)(H,43,59)(H,44,54)(H,45,60)(H,46,55)(H,47,57)(H,48,58)(H,50,51)(H,52,53)(H,61,62)/t20-,21-,22+,23-,24-,25-,26-,27-,30-/m0/s1. The van der Waals surface area contributed by atoms with E-state index in [1.54, 1.807) is 13.8 Å². The molecular formula is C38H68N10O14. The van der Waals surface area contributed by atoms with Crippen LogP contribution < -0.4 is 54.4 Å². The molecule has 24 heteroatoms. The number of carboxylic acid groups (broad SMARTS) is 3. The monoisotopic (exact) mass is 888 g/mol. The molecule has 0 aromatic carbocycles. The Morgan fingerprint density at radius 1 is 0.468 bits per heavy atom. The largest absolute Gasteiger partial charge is 0.481 e. The molecule has 0 saturated carbocycles. The second kappa shape index (κ2) is 29.7. The van der Waals surface area contributed by atoms with Gasteiger partial charge in [0, 0.05) is 12.8 Å². The minimum atomic E-state index is -1.76. The number of nitrogens with two attached hydrogens (primary N) is 3.